The average molecular weight is 469 g/mol. The van der Waals surface area contributed by atoms with Gasteiger partial charge >= 0.3 is 0 Å². The summed E-state index contributed by atoms with van der Waals surface area (Å²) in [6.07, 6.45) is 1.54. The van der Waals surface area contributed by atoms with Gasteiger partial charge in [0.15, 0.2) is 0 Å². The van der Waals surface area contributed by atoms with Crippen molar-refractivity contribution in [3.63, 3.8) is 0 Å². The van der Waals surface area contributed by atoms with E-state index in [-0.39, 0.29) is 5.91 Å². The number of pyridine rings is 1. The molecule has 1 aliphatic carbocycles. The zero-order chi connectivity index (χ0) is 23.9. The van der Waals surface area contributed by atoms with Crippen molar-refractivity contribution in [2.75, 3.05) is 39.4 Å². The molecule has 2 amide bonds. The number of nitrogens with two attached hydrogens (primary N) is 1. The highest BCUT2D eigenvalue weighted by Gasteiger charge is 2.33. The third kappa shape index (κ3) is 4.00. The fraction of sp³-hybridized carbons (Fsp3) is 0.321. The van der Waals surface area contributed by atoms with E-state index in [0.717, 1.165) is 79.5 Å². The minimum Gasteiger partial charge on any atom is -0.379 e. The molecule has 35 heavy (non-hydrogen) atoms. The molecule has 1 atom stereocenters. The summed E-state index contributed by atoms with van der Waals surface area (Å²) in [7, 11) is 0. The van der Waals surface area contributed by atoms with Crippen molar-refractivity contribution in [2.24, 2.45) is 5.73 Å². The third-order valence-electron chi connectivity index (χ3n) is 7.45. The molecular formula is C28H28N4O3. The minimum atomic E-state index is -0.462. The average Bonchev–Trinajstić information content (AvgIpc) is 3.53. The maximum atomic E-state index is 13.4. The summed E-state index contributed by atoms with van der Waals surface area (Å²) in [6, 6.07) is 17.8. The van der Waals surface area contributed by atoms with Gasteiger partial charge in [-0.15, -0.1) is 0 Å². The third-order valence-corrected chi connectivity index (χ3v) is 7.45. The first-order valence-electron chi connectivity index (χ1n) is 12.2. The number of rotatable bonds is 4. The number of benzene rings is 2. The van der Waals surface area contributed by atoms with Gasteiger partial charge in [0, 0.05) is 60.9 Å². The van der Waals surface area contributed by atoms with Gasteiger partial charge in [-0.1, -0.05) is 36.4 Å². The second-order valence-corrected chi connectivity index (χ2v) is 9.50. The normalized spacial score (nSPS) is 19.4. The number of nitrogens with zero attached hydrogens (tertiary/aromatic N) is 3. The molecule has 0 unspecified atom stereocenters. The molecule has 2 saturated heterocycles. The molecule has 2 aliphatic heterocycles. The van der Waals surface area contributed by atoms with E-state index in [4.69, 9.17) is 15.5 Å². The first kappa shape index (κ1) is 21.9. The number of hydrogen-bond acceptors (Lipinski definition) is 5. The number of carbonyl (C=O) groups excluding carboxylic acids is 2. The monoisotopic (exact) mass is 468 g/mol. The van der Waals surface area contributed by atoms with E-state index >= 15 is 0 Å². The quantitative estimate of drug-likeness (QED) is 0.498. The van der Waals surface area contributed by atoms with Crippen LogP contribution in [0.5, 0.6) is 0 Å². The lowest BCUT2D eigenvalue weighted by molar-refractivity contribution is 0.0185. The molecule has 1 aromatic heterocycles. The highest BCUT2D eigenvalue weighted by molar-refractivity contribution is 6.00. The van der Waals surface area contributed by atoms with Gasteiger partial charge in [0.1, 0.15) is 0 Å². The number of fused-ring (bicyclic) bond motifs is 3. The number of primary amides is 1. The van der Waals surface area contributed by atoms with Crippen LogP contribution in [0.3, 0.4) is 0 Å². The van der Waals surface area contributed by atoms with Gasteiger partial charge in [-0.25, -0.2) is 4.98 Å². The van der Waals surface area contributed by atoms with Crippen LogP contribution in [0.2, 0.25) is 0 Å². The van der Waals surface area contributed by atoms with Crippen LogP contribution >= 0.6 is 0 Å². The predicted molar refractivity (Wildman–Crippen MR) is 133 cm³/mol. The Hall–Kier alpha value is -3.55. The van der Waals surface area contributed by atoms with Crippen LogP contribution in [0.25, 0.3) is 22.5 Å². The standard InChI is InChI=1S/C28H28N4O3/c29-27(33)24-16-25(18-4-2-1-3-5-18)30-26-22-7-6-19(14-20(22)15-23(24)26)28(34)32-9-8-21(17-32)31-10-12-35-13-11-31/h1-7,14,16,21H,8-13,15,17H2,(H2,29,33)/t21-/m0/s1. The lowest BCUT2D eigenvalue weighted by Crippen LogP contribution is -2.45. The number of carbonyl (C=O) groups is 2. The molecule has 3 heterocycles. The molecule has 2 aromatic carbocycles. The Morgan fingerprint density at radius 1 is 1.00 bits per heavy atom. The molecule has 3 aliphatic rings. The van der Waals surface area contributed by atoms with Crippen molar-refractivity contribution in [1.29, 1.82) is 0 Å². The van der Waals surface area contributed by atoms with Crippen molar-refractivity contribution in [3.05, 3.63) is 76.9 Å². The van der Waals surface area contributed by atoms with E-state index in [1.54, 1.807) is 6.07 Å². The lowest BCUT2D eigenvalue weighted by atomic mass is 10.0. The molecular weight excluding hydrogens is 440 g/mol. The zero-order valence-electron chi connectivity index (χ0n) is 19.6. The largest absolute Gasteiger partial charge is 0.379 e. The second kappa shape index (κ2) is 8.91. The Balaban J connectivity index is 1.28. The van der Waals surface area contributed by atoms with Crippen LogP contribution in [-0.4, -0.2) is 72.0 Å². The Morgan fingerprint density at radius 3 is 2.57 bits per heavy atom. The number of ether oxygens (including phenoxy) is 1. The van der Waals surface area contributed by atoms with E-state index < -0.39 is 5.91 Å². The summed E-state index contributed by atoms with van der Waals surface area (Å²) in [4.78, 5) is 35.0. The topological polar surface area (TPSA) is 88.8 Å². The highest BCUT2D eigenvalue weighted by atomic mass is 16.5. The fourth-order valence-electron chi connectivity index (χ4n) is 5.59. The van der Waals surface area contributed by atoms with Gasteiger partial charge < -0.3 is 15.4 Å². The zero-order valence-corrected chi connectivity index (χ0v) is 19.6. The van der Waals surface area contributed by atoms with Crippen LogP contribution in [0.4, 0.5) is 0 Å². The summed E-state index contributed by atoms with van der Waals surface area (Å²) >= 11 is 0. The summed E-state index contributed by atoms with van der Waals surface area (Å²) in [5.41, 5.74) is 12.2. The van der Waals surface area contributed by atoms with Crippen LogP contribution in [-0.2, 0) is 11.2 Å². The maximum absolute atomic E-state index is 13.4. The Kier molecular flexibility index (Phi) is 5.59. The van der Waals surface area contributed by atoms with E-state index in [2.05, 4.69) is 4.90 Å². The Labute approximate surface area is 204 Å². The van der Waals surface area contributed by atoms with Gasteiger partial charge in [-0.2, -0.15) is 0 Å². The van der Waals surface area contributed by atoms with Crippen molar-refractivity contribution < 1.29 is 14.3 Å². The van der Waals surface area contributed by atoms with Gasteiger partial charge in [-0.3, -0.25) is 14.5 Å². The molecule has 0 radical (unpaired) electrons. The molecule has 7 heteroatoms. The molecule has 0 spiro atoms. The van der Waals surface area contributed by atoms with Crippen molar-refractivity contribution in [2.45, 2.75) is 18.9 Å². The van der Waals surface area contributed by atoms with Crippen LogP contribution in [0.1, 0.15) is 38.3 Å². The van der Waals surface area contributed by atoms with Crippen molar-refractivity contribution in [1.82, 2.24) is 14.8 Å². The van der Waals surface area contributed by atoms with E-state index in [0.29, 0.717) is 23.6 Å². The Morgan fingerprint density at radius 2 is 1.80 bits per heavy atom. The summed E-state index contributed by atoms with van der Waals surface area (Å²) in [5.74, 6) is -0.399. The van der Waals surface area contributed by atoms with E-state index in [1.165, 1.54) is 0 Å². The summed E-state index contributed by atoms with van der Waals surface area (Å²) < 4.78 is 5.47. The smallest absolute Gasteiger partial charge is 0.253 e. The molecule has 7 nitrogen and oxygen atoms in total. The van der Waals surface area contributed by atoms with Crippen LogP contribution < -0.4 is 5.73 Å². The highest BCUT2D eigenvalue weighted by Crippen LogP contribution is 2.39. The van der Waals surface area contributed by atoms with Crippen LogP contribution in [0, 0.1) is 0 Å². The predicted octanol–water partition coefficient (Wildman–Crippen LogP) is 2.97. The van der Waals surface area contributed by atoms with E-state index in [9.17, 15) is 9.59 Å². The fourth-order valence-corrected chi connectivity index (χ4v) is 5.59. The van der Waals surface area contributed by atoms with Gasteiger partial charge in [0.25, 0.3) is 5.91 Å². The molecule has 3 aromatic rings. The summed E-state index contributed by atoms with van der Waals surface area (Å²) in [6.45, 7) is 4.93. The lowest BCUT2D eigenvalue weighted by Gasteiger charge is -2.32. The minimum absolute atomic E-state index is 0.0626. The van der Waals surface area contributed by atoms with E-state index in [1.807, 2.05) is 53.4 Å². The molecule has 2 N–H and O–H groups in total. The second-order valence-electron chi connectivity index (χ2n) is 9.50. The molecule has 2 fully saturated rings. The van der Waals surface area contributed by atoms with Gasteiger partial charge in [0.05, 0.1) is 24.6 Å². The van der Waals surface area contributed by atoms with Crippen molar-refractivity contribution in [3.8, 4) is 22.5 Å². The summed E-state index contributed by atoms with van der Waals surface area (Å²) in [5, 5.41) is 0. The molecule has 0 bridgehead atoms. The number of hydrogen-bond donors (Lipinski definition) is 1. The Bertz CT molecular complexity index is 1300. The first-order chi connectivity index (χ1) is 17.1. The number of morpholine rings is 1. The SMILES string of the molecule is NC(=O)c1cc(-c2ccccc2)nc2c1Cc1cc(C(=O)N3CC[C@H](N4CCOCC4)C3)ccc1-2. The molecule has 6 rings (SSSR count). The van der Waals surface area contributed by atoms with Crippen LogP contribution in [0.15, 0.2) is 54.6 Å². The van der Waals surface area contributed by atoms with Gasteiger partial charge in [0.2, 0.25) is 5.91 Å². The first-order valence-corrected chi connectivity index (χ1v) is 12.2. The number of likely N-dealkylation sites (tertiary alicyclic amines) is 1. The van der Waals surface area contributed by atoms with Gasteiger partial charge in [-0.05, 0) is 35.7 Å². The maximum Gasteiger partial charge on any atom is 0.253 e. The number of amides is 2. The molecule has 178 valence electrons. The van der Waals surface area contributed by atoms with Crippen molar-refractivity contribution >= 4 is 11.8 Å². The number of aromatic nitrogens is 1. The molecule has 0 saturated carbocycles.